The fourth-order valence-electron chi connectivity index (χ4n) is 4.13. The smallest absolute Gasteiger partial charge is 0.246 e. The standard InChI is InChI=1S/C24H33N3O/c1-3-27(22-15-8-5-9-16-22)24(28)18-25-23-17-11-10-12-20(23)19-26(2)21-13-6-4-7-14-21/h5,8-12,15-17,21,25H,3-4,6-7,13-14,18-19H2,1-2H3. The molecule has 0 atom stereocenters. The van der Waals surface area contributed by atoms with Gasteiger partial charge in [0, 0.05) is 30.5 Å². The fraction of sp³-hybridized carbons (Fsp3) is 0.458. The molecule has 0 heterocycles. The van der Waals surface area contributed by atoms with Gasteiger partial charge in [-0.3, -0.25) is 9.69 Å². The Morgan fingerprint density at radius 1 is 1.00 bits per heavy atom. The van der Waals surface area contributed by atoms with Gasteiger partial charge in [0.05, 0.1) is 6.54 Å². The van der Waals surface area contributed by atoms with Crippen molar-refractivity contribution in [3.63, 3.8) is 0 Å². The number of nitrogens with one attached hydrogen (secondary N) is 1. The second kappa shape index (κ2) is 10.3. The van der Waals surface area contributed by atoms with Crippen LogP contribution in [0.15, 0.2) is 54.6 Å². The summed E-state index contributed by atoms with van der Waals surface area (Å²) in [6.45, 7) is 3.89. The molecular weight excluding hydrogens is 346 g/mol. The zero-order chi connectivity index (χ0) is 19.8. The maximum Gasteiger partial charge on any atom is 0.246 e. The maximum atomic E-state index is 12.8. The minimum Gasteiger partial charge on any atom is -0.376 e. The van der Waals surface area contributed by atoms with Crippen LogP contribution in [-0.4, -0.2) is 37.0 Å². The van der Waals surface area contributed by atoms with Crippen LogP contribution in [0.25, 0.3) is 0 Å². The van der Waals surface area contributed by atoms with Crippen molar-refractivity contribution >= 4 is 17.3 Å². The number of benzene rings is 2. The van der Waals surface area contributed by atoms with Crippen LogP contribution in [0.2, 0.25) is 0 Å². The predicted molar refractivity (Wildman–Crippen MR) is 118 cm³/mol. The highest BCUT2D eigenvalue weighted by Crippen LogP contribution is 2.25. The SMILES string of the molecule is CCN(C(=O)CNc1ccccc1CN(C)C1CCCCC1)c1ccccc1. The molecule has 0 radical (unpaired) electrons. The van der Waals surface area contributed by atoms with E-state index < -0.39 is 0 Å². The molecule has 1 saturated carbocycles. The number of anilines is 2. The third-order valence-corrected chi connectivity index (χ3v) is 5.75. The van der Waals surface area contributed by atoms with E-state index in [1.165, 1.54) is 37.7 Å². The van der Waals surface area contributed by atoms with Crippen LogP contribution in [0.4, 0.5) is 11.4 Å². The normalized spacial score (nSPS) is 14.8. The zero-order valence-electron chi connectivity index (χ0n) is 17.2. The molecule has 2 aromatic rings. The highest BCUT2D eigenvalue weighted by Gasteiger charge is 2.19. The van der Waals surface area contributed by atoms with Crippen LogP contribution < -0.4 is 10.2 Å². The number of carbonyl (C=O) groups is 1. The molecule has 0 aromatic heterocycles. The summed E-state index contributed by atoms with van der Waals surface area (Å²) in [6, 6.07) is 18.9. The Labute approximate surface area is 169 Å². The quantitative estimate of drug-likeness (QED) is 0.707. The Kier molecular flexibility index (Phi) is 7.49. The van der Waals surface area contributed by atoms with E-state index in [9.17, 15) is 4.79 Å². The molecule has 150 valence electrons. The molecule has 2 aromatic carbocycles. The van der Waals surface area contributed by atoms with E-state index in [0.717, 1.165) is 17.9 Å². The van der Waals surface area contributed by atoms with Crippen molar-refractivity contribution in [2.75, 3.05) is 30.4 Å². The lowest BCUT2D eigenvalue weighted by atomic mass is 9.94. The van der Waals surface area contributed by atoms with Gasteiger partial charge in [-0.15, -0.1) is 0 Å². The van der Waals surface area contributed by atoms with Crippen molar-refractivity contribution in [1.29, 1.82) is 0 Å². The number of nitrogens with zero attached hydrogens (tertiary/aromatic N) is 2. The van der Waals surface area contributed by atoms with Crippen molar-refractivity contribution in [2.45, 2.75) is 51.6 Å². The molecule has 0 unspecified atom stereocenters. The van der Waals surface area contributed by atoms with Crippen molar-refractivity contribution in [3.8, 4) is 0 Å². The molecule has 1 amide bonds. The first-order chi connectivity index (χ1) is 13.7. The second-order valence-corrected chi connectivity index (χ2v) is 7.69. The first-order valence-corrected chi connectivity index (χ1v) is 10.6. The summed E-state index contributed by atoms with van der Waals surface area (Å²) < 4.78 is 0. The molecule has 4 heteroatoms. The van der Waals surface area contributed by atoms with E-state index in [0.29, 0.717) is 19.1 Å². The van der Waals surface area contributed by atoms with Crippen molar-refractivity contribution < 1.29 is 4.79 Å². The molecule has 0 saturated heterocycles. The molecule has 1 aliphatic rings. The molecule has 1 aliphatic carbocycles. The molecule has 0 bridgehead atoms. The largest absolute Gasteiger partial charge is 0.376 e. The number of amides is 1. The van der Waals surface area contributed by atoms with Gasteiger partial charge in [0.15, 0.2) is 0 Å². The van der Waals surface area contributed by atoms with Gasteiger partial charge < -0.3 is 10.2 Å². The Hall–Kier alpha value is -2.33. The lowest BCUT2D eigenvalue weighted by molar-refractivity contribution is -0.116. The molecule has 1 fully saturated rings. The number of para-hydroxylation sites is 2. The summed E-state index contributed by atoms with van der Waals surface area (Å²) in [6.07, 6.45) is 6.66. The highest BCUT2D eigenvalue weighted by molar-refractivity contribution is 5.96. The summed E-state index contributed by atoms with van der Waals surface area (Å²) in [7, 11) is 2.23. The minimum atomic E-state index is 0.0872. The van der Waals surface area contributed by atoms with Gasteiger partial charge in [-0.25, -0.2) is 0 Å². The lowest BCUT2D eigenvalue weighted by Crippen LogP contribution is -2.36. The van der Waals surface area contributed by atoms with Crippen molar-refractivity contribution in [3.05, 3.63) is 60.2 Å². The first kappa shape index (κ1) is 20.4. The summed E-state index contributed by atoms with van der Waals surface area (Å²) in [5.41, 5.74) is 3.26. The van der Waals surface area contributed by atoms with E-state index in [4.69, 9.17) is 0 Å². The van der Waals surface area contributed by atoms with Crippen LogP contribution in [0.3, 0.4) is 0 Å². The molecule has 3 rings (SSSR count). The average Bonchev–Trinajstić information content (AvgIpc) is 2.75. The van der Waals surface area contributed by atoms with E-state index in [2.05, 4.69) is 35.5 Å². The van der Waals surface area contributed by atoms with Crippen LogP contribution in [0.1, 0.15) is 44.6 Å². The molecule has 0 aliphatic heterocycles. The maximum absolute atomic E-state index is 12.8. The van der Waals surface area contributed by atoms with E-state index >= 15 is 0 Å². The van der Waals surface area contributed by atoms with Gasteiger partial charge in [0.1, 0.15) is 0 Å². The monoisotopic (exact) mass is 379 g/mol. The van der Waals surface area contributed by atoms with Crippen molar-refractivity contribution in [1.82, 2.24) is 4.90 Å². The molecular formula is C24H33N3O. The number of carbonyl (C=O) groups excluding carboxylic acids is 1. The van der Waals surface area contributed by atoms with Crippen LogP contribution in [0, 0.1) is 0 Å². The summed E-state index contributed by atoms with van der Waals surface area (Å²) in [4.78, 5) is 17.1. The van der Waals surface area contributed by atoms with Crippen LogP contribution in [0.5, 0.6) is 0 Å². The average molecular weight is 380 g/mol. The Bertz CT molecular complexity index is 741. The van der Waals surface area contributed by atoms with E-state index in [-0.39, 0.29) is 5.91 Å². The van der Waals surface area contributed by atoms with Crippen molar-refractivity contribution in [2.24, 2.45) is 0 Å². The van der Waals surface area contributed by atoms with Gasteiger partial charge in [0.2, 0.25) is 5.91 Å². The van der Waals surface area contributed by atoms with E-state index in [1.807, 2.05) is 48.2 Å². The number of hydrogen-bond donors (Lipinski definition) is 1. The summed E-state index contributed by atoms with van der Waals surface area (Å²) in [5.74, 6) is 0.0872. The third kappa shape index (κ3) is 5.35. The Morgan fingerprint density at radius 2 is 1.68 bits per heavy atom. The summed E-state index contributed by atoms with van der Waals surface area (Å²) >= 11 is 0. The topological polar surface area (TPSA) is 35.6 Å². The van der Waals surface area contributed by atoms with Gasteiger partial charge in [-0.2, -0.15) is 0 Å². The lowest BCUT2D eigenvalue weighted by Gasteiger charge is -2.31. The van der Waals surface area contributed by atoms with E-state index in [1.54, 1.807) is 0 Å². The van der Waals surface area contributed by atoms with Gasteiger partial charge in [-0.1, -0.05) is 55.7 Å². The third-order valence-electron chi connectivity index (χ3n) is 5.75. The second-order valence-electron chi connectivity index (χ2n) is 7.69. The van der Waals surface area contributed by atoms with Gasteiger partial charge in [-0.05, 0) is 50.6 Å². The minimum absolute atomic E-state index is 0.0872. The van der Waals surface area contributed by atoms with Crippen LogP contribution >= 0.6 is 0 Å². The first-order valence-electron chi connectivity index (χ1n) is 10.6. The highest BCUT2D eigenvalue weighted by atomic mass is 16.2. The molecule has 0 spiro atoms. The Balaban J connectivity index is 1.62. The fourth-order valence-corrected chi connectivity index (χ4v) is 4.13. The Morgan fingerprint density at radius 3 is 2.39 bits per heavy atom. The number of rotatable bonds is 8. The predicted octanol–water partition coefficient (Wildman–Crippen LogP) is 4.92. The van der Waals surface area contributed by atoms with Gasteiger partial charge in [0.25, 0.3) is 0 Å². The molecule has 4 nitrogen and oxygen atoms in total. The zero-order valence-corrected chi connectivity index (χ0v) is 17.2. The number of likely N-dealkylation sites (N-methyl/N-ethyl adjacent to an activating group) is 1. The van der Waals surface area contributed by atoms with Gasteiger partial charge >= 0.3 is 0 Å². The molecule has 1 N–H and O–H groups in total. The van der Waals surface area contributed by atoms with Crippen LogP contribution in [-0.2, 0) is 11.3 Å². The molecule has 28 heavy (non-hydrogen) atoms. The number of hydrogen-bond acceptors (Lipinski definition) is 3. The summed E-state index contributed by atoms with van der Waals surface area (Å²) in [5, 5.41) is 3.39.